The second-order valence-corrected chi connectivity index (χ2v) is 5.17. The summed E-state index contributed by atoms with van der Waals surface area (Å²) in [5, 5.41) is 4.41. The van der Waals surface area contributed by atoms with Gasteiger partial charge in [0, 0.05) is 18.8 Å². The van der Waals surface area contributed by atoms with Crippen molar-refractivity contribution in [1.82, 2.24) is 15.2 Å². The van der Waals surface area contributed by atoms with Crippen molar-refractivity contribution >= 4 is 0 Å². The van der Waals surface area contributed by atoms with Crippen LogP contribution in [0.2, 0.25) is 0 Å². The smallest absolute Gasteiger partial charge is 0.123 e. The monoisotopic (exact) mass is 276 g/mol. The molecule has 0 bridgehead atoms. The van der Waals surface area contributed by atoms with Crippen LogP contribution in [-0.2, 0) is 19.9 Å². The highest BCUT2D eigenvalue weighted by Crippen LogP contribution is 2.16. The number of aromatic nitrogens is 2. The van der Waals surface area contributed by atoms with Crippen molar-refractivity contribution in [2.45, 2.75) is 32.7 Å². The summed E-state index contributed by atoms with van der Waals surface area (Å²) in [6.07, 6.45) is 1.46. The zero-order valence-corrected chi connectivity index (χ0v) is 12.2. The van der Waals surface area contributed by atoms with Crippen molar-refractivity contribution in [3.8, 4) is 0 Å². The molecule has 0 amide bonds. The Balaban J connectivity index is 2.13. The van der Waals surface area contributed by atoms with Crippen LogP contribution in [0.25, 0.3) is 0 Å². The minimum atomic E-state index is -0.216. The summed E-state index contributed by atoms with van der Waals surface area (Å²) >= 11 is 0. The van der Waals surface area contributed by atoms with E-state index >= 15 is 0 Å². The number of hydrazine groups is 1. The van der Waals surface area contributed by atoms with Crippen LogP contribution in [-0.4, -0.2) is 15.8 Å². The first kappa shape index (κ1) is 14.7. The van der Waals surface area contributed by atoms with E-state index in [2.05, 4.69) is 10.5 Å². The van der Waals surface area contributed by atoms with Crippen molar-refractivity contribution in [1.29, 1.82) is 0 Å². The summed E-state index contributed by atoms with van der Waals surface area (Å²) < 4.78 is 15.1. The molecule has 2 rings (SSSR count). The van der Waals surface area contributed by atoms with Crippen LogP contribution >= 0.6 is 0 Å². The summed E-state index contributed by atoms with van der Waals surface area (Å²) in [4.78, 5) is 0. The molecule has 3 N–H and O–H groups in total. The highest BCUT2D eigenvalue weighted by molar-refractivity contribution is 5.26. The van der Waals surface area contributed by atoms with Crippen molar-refractivity contribution in [3.63, 3.8) is 0 Å². The first-order valence-corrected chi connectivity index (χ1v) is 6.71. The first-order valence-electron chi connectivity index (χ1n) is 6.71. The highest BCUT2D eigenvalue weighted by atomic mass is 19.1. The molecule has 20 heavy (non-hydrogen) atoms. The Morgan fingerprint density at radius 3 is 2.65 bits per heavy atom. The van der Waals surface area contributed by atoms with Crippen molar-refractivity contribution in [3.05, 3.63) is 52.6 Å². The number of nitrogens with two attached hydrogens (primary N) is 1. The van der Waals surface area contributed by atoms with Gasteiger partial charge in [-0.2, -0.15) is 5.10 Å². The van der Waals surface area contributed by atoms with E-state index in [0.29, 0.717) is 6.42 Å². The predicted octanol–water partition coefficient (Wildman–Crippen LogP) is 1.79. The zero-order chi connectivity index (χ0) is 14.7. The average molecular weight is 276 g/mol. The maximum atomic E-state index is 13.2. The van der Waals surface area contributed by atoms with Crippen LogP contribution in [0, 0.1) is 19.7 Å². The number of nitrogens with one attached hydrogen (secondary N) is 1. The second kappa shape index (κ2) is 6.15. The molecular formula is C15H21FN4. The summed E-state index contributed by atoms with van der Waals surface area (Å²) in [6, 6.07) is 6.69. The van der Waals surface area contributed by atoms with E-state index in [-0.39, 0.29) is 11.9 Å². The maximum absolute atomic E-state index is 13.2. The average Bonchev–Trinajstić information content (AvgIpc) is 2.64. The van der Waals surface area contributed by atoms with Gasteiger partial charge in [0.2, 0.25) is 0 Å². The minimum absolute atomic E-state index is 0.0541. The fraction of sp³-hybridized carbons (Fsp3) is 0.400. The van der Waals surface area contributed by atoms with Crippen LogP contribution in [0.5, 0.6) is 0 Å². The number of nitrogens with zero attached hydrogens (tertiary/aromatic N) is 2. The molecule has 2 aromatic rings. The molecule has 0 saturated heterocycles. The predicted molar refractivity (Wildman–Crippen MR) is 77.6 cm³/mol. The molecule has 1 heterocycles. The summed E-state index contributed by atoms with van der Waals surface area (Å²) in [7, 11) is 1.93. The Kier molecular flexibility index (Phi) is 4.52. The molecule has 1 atom stereocenters. The Bertz CT molecular complexity index is 592. The number of hydrogen-bond acceptors (Lipinski definition) is 3. The van der Waals surface area contributed by atoms with Gasteiger partial charge in [0.25, 0.3) is 0 Å². The number of benzene rings is 1. The summed E-state index contributed by atoms with van der Waals surface area (Å²) in [5.74, 6) is 5.43. The third kappa shape index (κ3) is 3.23. The van der Waals surface area contributed by atoms with Gasteiger partial charge in [-0.3, -0.25) is 16.0 Å². The first-order chi connectivity index (χ1) is 9.51. The molecule has 0 aliphatic carbocycles. The number of hydrogen-bond donors (Lipinski definition) is 2. The molecule has 5 heteroatoms. The van der Waals surface area contributed by atoms with E-state index in [0.717, 1.165) is 23.4 Å². The topological polar surface area (TPSA) is 55.9 Å². The van der Waals surface area contributed by atoms with Crippen LogP contribution in [0.1, 0.15) is 22.5 Å². The Morgan fingerprint density at radius 1 is 1.35 bits per heavy atom. The Labute approximate surface area is 118 Å². The Hall–Kier alpha value is -1.72. The molecule has 4 nitrogen and oxygen atoms in total. The van der Waals surface area contributed by atoms with Gasteiger partial charge in [-0.05, 0) is 49.9 Å². The molecule has 0 saturated carbocycles. The van der Waals surface area contributed by atoms with Crippen LogP contribution in [0.3, 0.4) is 0 Å². The molecule has 108 valence electrons. The lowest BCUT2D eigenvalue weighted by Gasteiger charge is -2.16. The second-order valence-electron chi connectivity index (χ2n) is 5.17. The molecular weight excluding hydrogens is 255 g/mol. The molecule has 1 aromatic heterocycles. The lowest BCUT2D eigenvalue weighted by Crippen LogP contribution is -2.38. The molecule has 0 aliphatic rings. The van der Waals surface area contributed by atoms with Gasteiger partial charge in [-0.1, -0.05) is 12.1 Å². The van der Waals surface area contributed by atoms with E-state index < -0.39 is 0 Å². The van der Waals surface area contributed by atoms with Crippen molar-refractivity contribution in [2.24, 2.45) is 12.9 Å². The van der Waals surface area contributed by atoms with Gasteiger partial charge in [0.1, 0.15) is 5.82 Å². The third-order valence-corrected chi connectivity index (χ3v) is 3.72. The van der Waals surface area contributed by atoms with Crippen LogP contribution in [0.15, 0.2) is 24.3 Å². The van der Waals surface area contributed by atoms with Crippen molar-refractivity contribution < 1.29 is 4.39 Å². The number of halogens is 1. The fourth-order valence-electron chi connectivity index (χ4n) is 2.50. The number of rotatable bonds is 5. The van der Waals surface area contributed by atoms with E-state index in [9.17, 15) is 4.39 Å². The molecule has 0 radical (unpaired) electrons. The largest absolute Gasteiger partial charge is 0.272 e. The molecule has 1 unspecified atom stereocenters. The van der Waals surface area contributed by atoms with E-state index in [4.69, 9.17) is 5.84 Å². The van der Waals surface area contributed by atoms with Gasteiger partial charge in [-0.25, -0.2) is 4.39 Å². The van der Waals surface area contributed by atoms with Crippen LogP contribution < -0.4 is 11.3 Å². The van der Waals surface area contributed by atoms with Gasteiger partial charge in [0.05, 0.1) is 5.69 Å². The summed E-state index contributed by atoms with van der Waals surface area (Å²) in [6.45, 7) is 4.04. The molecule has 0 fully saturated rings. The SMILES string of the molecule is Cc1nn(C)c(C)c1CC(Cc1cccc(F)c1)NN. The van der Waals surface area contributed by atoms with E-state index in [1.54, 1.807) is 12.1 Å². The minimum Gasteiger partial charge on any atom is -0.272 e. The zero-order valence-electron chi connectivity index (χ0n) is 12.2. The lowest BCUT2D eigenvalue weighted by molar-refractivity contribution is 0.518. The van der Waals surface area contributed by atoms with Gasteiger partial charge in [0.15, 0.2) is 0 Å². The number of aryl methyl sites for hydroxylation is 2. The summed E-state index contributed by atoms with van der Waals surface area (Å²) in [5.41, 5.74) is 7.12. The van der Waals surface area contributed by atoms with E-state index in [1.165, 1.54) is 11.6 Å². The molecule has 1 aromatic carbocycles. The van der Waals surface area contributed by atoms with Gasteiger partial charge < -0.3 is 0 Å². The van der Waals surface area contributed by atoms with Gasteiger partial charge >= 0.3 is 0 Å². The Morgan fingerprint density at radius 2 is 2.10 bits per heavy atom. The standard InChI is InChI=1S/C15H21FN4/c1-10-15(11(2)20(3)19-10)9-14(18-17)8-12-5-4-6-13(16)7-12/h4-7,14,18H,8-9,17H2,1-3H3. The third-order valence-electron chi connectivity index (χ3n) is 3.72. The van der Waals surface area contributed by atoms with Crippen LogP contribution in [0.4, 0.5) is 4.39 Å². The maximum Gasteiger partial charge on any atom is 0.123 e. The molecule has 0 spiro atoms. The van der Waals surface area contributed by atoms with Gasteiger partial charge in [-0.15, -0.1) is 0 Å². The normalized spacial score (nSPS) is 12.7. The quantitative estimate of drug-likeness (QED) is 0.646. The molecule has 0 aliphatic heterocycles. The van der Waals surface area contributed by atoms with E-state index in [1.807, 2.05) is 31.6 Å². The lowest BCUT2D eigenvalue weighted by atomic mass is 9.98. The fourth-order valence-corrected chi connectivity index (χ4v) is 2.50. The van der Waals surface area contributed by atoms with Crippen molar-refractivity contribution in [2.75, 3.05) is 0 Å². The highest BCUT2D eigenvalue weighted by Gasteiger charge is 2.15.